The number of aromatic nitrogens is 1. The van der Waals surface area contributed by atoms with E-state index in [-0.39, 0.29) is 17.8 Å². The fourth-order valence-corrected chi connectivity index (χ4v) is 3.55. The predicted molar refractivity (Wildman–Crippen MR) is 99.1 cm³/mol. The zero-order chi connectivity index (χ0) is 18.8. The molecule has 5 nitrogen and oxygen atoms in total. The average Bonchev–Trinajstić information content (AvgIpc) is 2.92. The quantitative estimate of drug-likeness (QED) is 0.816. The maximum Gasteiger partial charge on any atom is 0.355 e. The zero-order valence-corrected chi connectivity index (χ0v) is 15.7. The van der Waals surface area contributed by atoms with Gasteiger partial charge < -0.3 is 14.5 Å². The number of fused-ring (bicyclic) bond motifs is 1. The first kappa shape index (κ1) is 18.2. The van der Waals surface area contributed by atoms with Crippen molar-refractivity contribution in [2.45, 2.75) is 52.6 Å². The number of ketones is 1. The molecule has 1 aromatic heterocycles. The topological polar surface area (TPSA) is 68.4 Å². The molecule has 5 heteroatoms. The highest BCUT2D eigenvalue weighted by Gasteiger charge is 2.32. The van der Waals surface area contributed by atoms with Crippen LogP contribution < -0.4 is 4.74 Å². The summed E-state index contributed by atoms with van der Waals surface area (Å²) in [5.41, 5.74) is 3.67. The maximum absolute atomic E-state index is 12.7. The van der Waals surface area contributed by atoms with E-state index in [1.807, 2.05) is 45.0 Å². The summed E-state index contributed by atoms with van der Waals surface area (Å²) in [7, 11) is 0. The van der Waals surface area contributed by atoms with Gasteiger partial charge in [-0.05, 0) is 63.3 Å². The van der Waals surface area contributed by atoms with E-state index in [9.17, 15) is 9.59 Å². The third kappa shape index (κ3) is 3.52. The Bertz CT molecular complexity index is 817. The van der Waals surface area contributed by atoms with Crippen LogP contribution in [0.5, 0.6) is 5.75 Å². The molecular formula is C21H25NO4. The fourth-order valence-electron chi connectivity index (χ4n) is 3.55. The van der Waals surface area contributed by atoms with Crippen LogP contribution in [-0.2, 0) is 11.2 Å². The highest BCUT2D eigenvalue weighted by atomic mass is 16.5. The van der Waals surface area contributed by atoms with Gasteiger partial charge in [0, 0.05) is 17.7 Å². The van der Waals surface area contributed by atoms with E-state index in [0.717, 1.165) is 17.0 Å². The number of esters is 1. The summed E-state index contributed by atoms with van der Waals surface area (Å²) >= 11 is 0. The normalized spacial score (nSPS) is 16.5. The molecule has 3 rings (SSSR count). The molecule has 0 amide bonds. The van der Waals surface area contributed by atoms with Crippen molar-refractivity contribution in [2.24, 2.45) is 0 Å². The standard InChI is InChI=1S/C21H25NO4/c1-5-25-16-8-6-14(7-9-16)15-10-17-19(18(23)11-15)13(4)20(22-17)21(24)26-12(2)3/h6-9,12,15,22H,5,10-11H2,1-4H3. The molecule has 1 unspecified atom stereocenters. The number of hydrogen-bond acceptors (Lipinski definition) is 4. The van der Waals surface area contributed by atoms with Crippen LogP contribution in [0.2, 0.25) is 0 Å². The minimum atomic E-state index is -0.405. The third-order valence-electron chi connectivity index (χ3n) is 4.70. The molecule has 2 aromatic rings. The minimum Gasteiger partial charge on any atom is -0.494 e. The van der Waals surface area contributed by atoms with E-state index in [1.165, 1.54) is 0 Å². The lowest BCUT2D eigenvalue weighted by atomic mass is 9.81. The highest BCUT2D eigenvalue weighted by molar-refractivity contribution is 6.03. The average molecular weight is 355 g/mol. The van der Waals surface area contributed by atoms with Gasteiger partial charge in [0.05, 0.1) is 12.7 Å². The summed E-state index contributed by atoms with van der Waals surface area (Å²) in [6, 6.07) is 7.89. The van der Waals surface area contributed by atoms with Crippen LogP contribution in [-0.4, -0.2) is 29.4 Å². The van der Waals surface area contributed by atoms with Crippen molar-refractivity contribution in [1.82, 2.24) is 4.98 Å². The predicted octanol–water partition coefficient (Wildman–Crippen LogP) is 4.20. The van der Waals surface area contributed by atoms with E-state index in [4.69, 9.17) is 9.47 Å². The number of rotatable bonds is 5. The SMILES string of the molecule is CCOc1ccc(C2CC(=O)c3c([nH]c(C(=O)OC(C)C)c3C)C2)cc1. The van der Waals surface area contributed by atoms with Crippen LogP contribution in [0.4, 0.5) is 0 Å². The first-order chi connectivity index (χ1) is 12.4. The van der Waals surface area contributed by atoms with Crippen LogP contribution in [0.1, 0.15) is 70.8 Å². The first-order valence-corrected chi connectivity index (χ1v) is 9.09. The smallest absolute Gasteiger partial charge is 0.355 e. The molecule has 0 bridgehead atoms. The van der Waals surface area contributed by atoms with Gasteiger partial charge in [0.15, 0.2) is 5.78 Å². The lowest BCUT2D eigenvalue weighted by Gasteiger charge is -2.22. The van der Waals surface area contributed by atoms with Gasteiger partial charge in [-0.15, -0.1) is 0 Å². The Labute approximate surface area is 153 Å². The van der Waals surface area contributed by atoms with Crippen molar-refractivity contribution in [2.75, 3.05) is 6.61 Å². The summed E-state index contributed by atoms with van der Waals surface area (Å²) in [4.78, 5) is 28.1. The molecule has 138 valence electrons. The van der Waals surface area contributed by atoms with Gasteiger partial charge in [-0.1, -0.05) is 12.1 Å². The molecule has 1 aliphatic carbocycles. The van der Waals surface area contributed by atoms with Gasteiger partial charge in [0.25, 0.3) is 0 Å². The fraction of sp³-hybridized carbons (Fsp3) is 0.429. The lowest BCUT2D eigenvalue weighted by Crippen LogP contribution is -2.18. The van der Waals surface area contributed by atoms with Gasteiger partial charge in [0.1, 0.15) is 11.4 Å². The maximum atomic E-state index is 12.7. The summed E-state index contributed by atoms with van der Waals surface area (Å²) < 4.78 is 10.8. The van der Waals surface area contributed by atoms with Crippen molar-refractivity contribution in [3.8, 4) is 5.75 Å². The largest absolute Gasteiger partial charge is 0.494 e. The Hall–Kier alpha value is -2.56. The van der Waals surface area contributed by atoms with Crippen molar-refractivity contribution < 1.29 is 19.1 Å². The Balaban J connectivity index is 1.86. The molecule has 0 saturated carbocycles. The van der Waals surface area contributed by atoms with Gasteiger partial charge in [-0.3, -0.25) is 4.79 Å². The van der Waals surface area contributed by atoms with Gasteiger partial charge in [-0.25, -0.2) is 4.79 Å². The second-order valence-electron chi connectivity index (χ2n) is 6.96. The molecule has 0 spiro atoms. The van der Waals surface area contributed by atoms with Crippen LogP contribution in [0.25, 0.3) is 0 Å². The van der Waals surface area contributed by atoms with Crippen LogP contribution in [0.15, 0.2) is 24.3 Å². The number of benzene rings is 1. The molecule has 1 N–H and O–H groups in total. The summed E-state index contributed by atoms with van der Waals surface area (Å²) in [6.45, 7) is 8.00. The number of aromatic amines is 1. The number of hydrogen-bond donors (Lipinski definition) is 1. The van der Waals surface area contributed by atoms with Crippen molar-refractivity contribution in [3.63, 3.8) is 0 Å². The van der Waals surface area contributed by atoms with Gasteiger partial charge in [0.2, 0.25) is 0 Å². The van der Waals surface area contributed by atoms with Crippen molar-refractivity contribution in [1.29, 1.82) is 0 Å². The number of ether oxygens (including phenoxy) is 2. The van der Waals surface area contributed by atoms with E-state index in [0.29, 0.717) is 36.3 Å². The molecular weight excluding hydrogens is 330 g/mol. The number of carbonyl (C=O) groups is 2. The summed E-state index contributed by atoms with van der Waals surface area (Å²) in [5, 5.41) is 0. The van der Waals surface area contributed by atoms with E-state index in [2.05, 4.69) is 4.98 Å². The Morgan fingerprint density at radius 1 is 1.23 bits per heavy atom. The van der Waals surface area contributed by atoms with Crippen LogP contribution in [0.3, 0.4) is 0 Å². The molecule has 1 atom stereocenters. The Morgan fingerprint density at radius 3 is 2.54 bits per heavy atom. The number of Topliss-reactive ketones (excluding diaryl/α,β-unsaturated/α-hetero) is 1. The molecule has 0 aliphatic heterocycles. The minimum absolute atomic E-state index is 0.0717. The monoisotopic (exact) mass is 355 g/mol. The second-order valence-corrected chi connectivity index (χ2v) is 6.96. The summed E-state index contributed by atoms with van der Waals surface area (Å²) in [6.07, 6.45) is 0.943. The molecule has 26 heavy (non-hydrogen) atoms. The summed E-state index contributed by atoms with van der Waals surface area (Å²) in [5.74, 6) is 0.589. The van der Waals surface area contributed by atoms with E-state index >= 15 is 0 Å². The molecule has 0 radical (unpaired) electrons. The third-order valence-corrected chi connectivity index (χ3v) is 4.70. The molecule has 0 saturated heterocycles. The van der Waals surface area contributed by atoms with Crippen molar-refractivity contribution >= 4 is 11.8 Å². The first-order valence-electron chi connectivity index (χ1n) is 9.09. The number of carbonyl (C=O) groups excluding carboxylic acids is 2. The van der Waals surface area contributed by atoms with Crippen molar-refractivity contribution in [3.05, 3.63) is 52.3 Å². The number of H-pyrrole nitrogens is 1. The number of nitrogens with one attached hydrogen (secondary N) is 1. The molecule has 0 fully saturated rings. The van der Waals surface area contributed by atoms with E-state index < -0.39 is 5.97 Å². The van der Waals surface area contributed by atoms with Gasteiger partial charge >= 0.3 is 5.97 Å². The van der Waals surface area contributed by atoms with Crippen LogP contribution in [0, 0.1) is 6.92 Å². The Kier molecular flexibility index (Phi) is 5.16. The second kappa shape index (κ2) is 7.36. The van der Waals surface area contributed by atoms with E-state index in [1.54, 1.807) is 6.92 Å². The molecule has 1 heterocycles. The Morgan fingerprint density at radius 2 is 1.92 bits per heavy atom. The molecule has 1 aromatic carbocycles. The van der Waals surface area contributed by atoms with Gasteiger partial charge in [-0.2, -0.15) is 0 Å². The zero-order valence-electron chi connectivity index (χ0n) is 15.7. The highest BCUT2D eigenvalue weighted by Crippen LogP contribution is 2.35. The molecule has 1 aliphatic rings. The van der Waals surface area contributed by atoms with Crippen LogP contribution >= 0.6 is 0 Å². The lowest BCUT2D eigenvalue weighted by molar-refractivity contribution is 0.0370.